The predicted octanol–water partition coefficient (Wildman–Crippen LogP) is 1.71. The third kappa shape index (κ3) is 2.82. The monoisotopic (exact) mass is 248 g/mol. The van der Waals surface area contributed by atoms with E-state index in [9.17, 15) is 0 Å². The fourth-order valence-corrected chi connectivity index (χ4v) is 2.57. The van der Waals surface area contributed by atoms with Crippen molar-refractivity contribution in [2.45, 2.75) is 31.4 Å². The molecule has 1 aliphatic heterocycles. The van der Waals surface area contributed by atoms with Crippen LogP contribution >= 0.6 is 0 Å². The van der Waals surface area contributed by atoms with Gasteiger partial charge in [0.25, 0.3) is 0 Å². The zero-order valence-electron chi connectivity index (χ0n) is 10.6. The molecule has 4 nitrogen and oxygen atoms in total. The summed E-state index contributed by atoms with van der Waals surface area (Å²) in [5.41, 5.74) is 0. The Morgan fingerprint density at radius 1 is 1.39 bits per heavy atom. The molecule has 2 heterocycles. The van der Waals surface area contributed by atoms with Crippen molar-refractivity contribution in [2.75, 3.05) is 26.3 Å². The summed E-state index contributed by atoms with van der Waals surface area (Å²) in [4.78, 5) is 6.60. The van der Waals surface area contributed by atoms with Crippen LogP contribution in [-0.4, -0.2) is 48.3 Å². The van der Waals surface area contributed by atoms with E-state index in [0.29, 0.717) is 6.61 Å². The summed E-state index contributed by atoms with van der Waals surface area (Å²) in [6.07, 6.45) is 7.68. The molecule has 0 bridgehead atoms. The first-order chi connectivity index (χ1) is 8.92. The Labute approximate surface area is 108 Å². The molecular weight excluding hydrogens is 228 g/mol. The van der Waals surface area contributed by atoms with Crippen molar-refractivity contribution < 1.29 is 9.47 Å². The number of nitrogens with zero attached hydrogens (tertiary/aromatic N) is 2. The average Bonchev–Trinajstić information content (AvgIpc) is 2.54. The van der Waals surface area contributed by atoms with Gasteiger partial charge in [0.1, 0.15) is 11.9 Å². The molecule has 18 heavy (non-hydrogen) atoms. The molecule has 1 aromatic rings. The van der Waals surface area contributed by atoms with E-state index in [2.05, 4.69) is 9.88 Å². The lowest BCUT2D eigenvalue weighted by molar-refractivity contribution is 0.0656. The van der Waals surface area contributed by atoms with E-state index < -0.39 is 0 Å². The Bertz CT molecular complexity index is 367. The number of rotatable bonds is 3. The normalized spacial score (nSPS) is 26.3. The summed E-state index contributed by atoms with van der Waals surface area (Å²) >= 11 is 0. The van der Waals surface area contributed by atoms with Gasteiger partial charge in [-0.3, -0.25) is 9.88 Å². The van der Waals surface area contributed by atoms with Crippen LogP contribution in [0, 0.1) is 0 Å². The van der Waals surface area contributed by atoms with Crippen molar-refractivity contribution in [3.8, 4) is 5.75 Å². The van der Waals surface area contributed by atoms with Gasteiger partial charge in [-0.1, -0.05) is 6.42 Å². The van der Waals surface area contributed by atoms with Crippen molar-refractivity contribution in [3.63, 3.8) is 0 Å². The highest BCUT2D eigenvalue weighted by Crippen LogP contribution is 2.26. The fraction of sp³-hybridized carbons (Fsp3) is 0.643. The minimum atomic E-state index is 0.122. The van der Waals surface area contributed by atoms with E-state index in [0.717, 1.165) is 31.5 Å². The predicted molar refractivity (Wildman–Crippen MR) is 68.7 cm³/mol. The third-order valence-corrected chi connectivity index (χ3v) is 3.79. The van der Waals surface area contributed by atoms with Crippen molar-refractivity contribution in [2.24, 2.45) is 0 Å². The van der Waals surface area contributed by atoms with Gasteiger partial charge in [0.15, 0.2) is 0 Å². The molecule has 2 aliphatic rings. The van der Waals surface area contributed by atoms with Gasteiger partial charge in [-0.2, -0.15) is 0 Å². The zero-order chi connectivity index (χ0) is 12.2. The third-order valence-electron chi connectivity index (χ3n) is 3.79. The standard InChI is InChI=1S/C14H20N2O2/c1-3-12(4-1)16-7-8-17-11-14(10-16)18-13-5-2-6-15-9-13/h2,5-6,9,12,14H,1,3-4,7-8,10-11H2. The first-order valence-corrected chi connectivity index (χ1v) is 6.80. The summed E-state index contributed by atoms with van der Waals surface area (Å²) in [5, 5.41) is 0. The molecule has 1 aliphatic carbocycles. The van der Waals surface area contributed by atoms with Crippen LogP contribution in [0.1, 0.15) is 19.3 Å². The van der Waals surface area contributed by atoms with E-state index >= 15 is 0 Å². The maximum absolute atomic E-state index is 5.96. The van der Waals surface area contributed by atoms with Gasteiger partial charge < -0.3 is 9.47 Å². The summed E-state index contributed by atoms with van der Waals surface area (Å²) in [5.74, 6) is 0.835. The lowest BCUT2D eigenvalue weighted by atomic mass is 9.91. The van der Waals surface area contributed by atoms with Crippen molar-refractivity contribution >= 4 is 0 Å². The maximum atomic E-state index is 5.96. The smallest absolute Gasteiger partial charge is 0.138 e. The highest BCUT2D eigenvalue weighted by molar-refractivity contribution is 5.16. The first-order valence-electron chi connectivity index (χ1n) is 6.80. The molecule has 2 fully saturated rings. The van der Waals surface area contributed by atoms with Crippen LogP contribution in [0.4, 0.5) is 0 Å². The maximum Gasteiger partial charge on any atom is 0.138 e. The van der Waals surface area contributed by atoms with Crippen molar-refractivity contribution in [3.05, 3.63) is 24.5 Å². The number of hydrogen-bond donors (Lipinski definition) is 0. The van der Waals surface area contributed by atoms with Gasteiger partial charge in [-0.15, -0.1) is 0 Å². The molecule has 98 valence electrons. The second kappa shape index (κ2) is 5.67. The molecule has 1 aromatic heterocycles. The topological polar surface area (TPSA) is 34.6 Å². The van der Waals surface area contributed by atoms with E-state index in [4.69, 9.17) is 9.47 Å². The Morgan fingerprint density at radius 2 is 2.33 bits per heavy atom. The lowest BCUT2D eigenvalue weighted by Crippen LogP contribution is -2.45. The molecule has 1 saturated carbocycles. The highest BCUT2D eigenvalue weighted by atomic mass is 16.5. The highest BCUT2D eigenvalue weighted by Gasteiger charge is 2.29. The second-order valence-electron chi connectivity index (χ2n) is 5.08. The van der Waals surface area contributed by atoms with E-state index in [1.807, 2.05) is 12.1 Å². The molecule has 0 radical (unpaired) electrons. The van der Waals surface area contributed by atoms with Crippen LogP contribution in [0.15, 0.2) is 24.5 Å². The Hall–Kier alpha value is -1.13. The van der Waals surface area contributed by atoms with E-state index in [-0.39, 0.29) is 6.10 Å². The SMILES string of the molecule is c1cncc(OC2COCCN(C3CCC3)C2)c1. The summed E-state index contributed by atoms with van der Waals surface area (Å²) in [6.45, 7) is 3.51. The largest absolute Gasteiger partial charge is 0.485 e. The first kappa shape index (κ1) is 11.9. The summed E-state index contributed by atoms with van der Waals surface area (Å²) in [7, 11) is 0. The van der Waals surface area contributed by atoms with Crippen molar-refractivity contribution in [1.82, 2.24) is 9.88 Å². The van der Waals surface area contributed by atoms with Crippen LogP contribution < -0.4 is 4.74 Å². The van der Waals surface area contributed by atoms with Crippen LogP contribution in [0.25, 0.3) is 0 Å². The van der Waals surface area contributed by atoms with Gasteiger partial charge in [-0.05, 0) is 25.0 Å². The van der Waals surface area contributed by atoms with Crippen LogP contribution in [0.5, 0.6) is 5.75 Å². The molecular formula is C14H20N2O2. The molecule has 1 unspecified atom stereocenters. The number of hydrogen-bond acceptors (Lipinski definition) is 4. The van der Waals surface area contributed by atoms with Crippen LogP contribution in [0.2, 0.25) is 0 Å². The van der Waals surface area contributed by atoms with E-state index in [1.54, 1.807) is 12.4 Å². The van der Waals surface area contributed by atoms with Gasteiger partial charge in [-0.25, -0.2) is 0 Å². The minimum Gasteiger partial charge on any atom is -0.485 e. The molecule has 4 heteroatoms. The number of aromatic nitrogens is 1. The Morgan fingerprint density at radius 3 is 3.06 bits per heavy atom. The fourth-order valence-electron chi connectivity index (χ4n) is 2.57. The van der Waals surface area contributed by atoms with Gasteiger partial charge >= 0.3 is 0 Å². The molecule has 1 saturated heterocycles. The van der Waals surface area contributed by atoms with E-state index in [1.165, 1.54) is 19.3 Å². The van der Waals surface area contributed by atoms with Crippen molar-refractivity contribution in [1.29, 1.82) is 0 Å². The lowest BCUT2D eigenvalue weighted by Gasteiger charge is -2.37. The Kier molecular flexibility index (Phi) is 3.76. The summed E-state index contributed by atoms with van der Waals surface area (Å²) in [6, 6.07) is 4.61. The van der Waals surface area contributed by atoms with Gasteiger partial charge in [0.05, 0.1) is 19.4 Å². The average molecular weight is 248 g/mol. The molecule has 0 amide bonds. The van der Waals surface area contributed by atoms with Gasteiger partial charge in [0, 0.05) is 25.3 Å². The molecule has 0 aromatic carbocycles. The Balaban J connectivity index is 1.60. The number of ether oxygens (including phenoxy) is 2. The zero-order valence-corrected chi connectivity index (χ0v) is 10.6. The van der Waals surface area contributed by atoms with Crippen LogP contribution in [0.3, 0.4) is 0 Å². The number of pyridine rings is 1. The van der Waals surface area contributed by atoms with Gasteiger partial charge in [0.2, 0.25) is 0 Å². The van der Waals surface area contributed by atoms with Crippen LogP contribution in [-0.2, 0) is 4.74 Å². The molecule has 3 rings (SSSR count). The summed E-state index contributed by atoms with van der Waals surface area (Å²) < 4.78 is 11.6. The molecule has 0 N–H and O–H groups in total. The quantitative estimate of drug-likeness (QED) is 0.815. The second-order valence-corrected chi connectivity index (χ2v) is 5.08. The minimum absolute atomic E-state index is 0.122. The molecule has 1 atom stereocenters. The molecule has 0 spiro atoms.